The minimum absolute atomic E-state index is 0.488. The molecule has 0 aliphatic carbocycles. The molecule has 5 heteroatoms. The van der Waals surface area contributed by atoms with Gasteiger partial charge >= 0.3 is 0 Å². The predicted octanol–water partition coefficient (Wildman–Crippen LogP) is 1.78. The topological polar surface area (TPSA) is 47.7 Å². The smallest absolute Gasteiger partial charge is 0.0828 e. The first-order valence-corrected chi connectivity index (χ1v) is 6.71. The summed E-state index contributed by atoms with van der Waals surface area (Å²) < 4.78 is 3.90. The number of hydrogen-bond acceptors (Lipinski definition) is 3. The van der Waals surface area contributed by atoms with Crippen molar-refractivity contribution in [3.05, 3.63) is 34.9 Å². The zero-order chi connectivity index (χ0) is 14.0. The molecule has 0 aliphatic rings. The van der Waals surface area contributed by atoms with Crippen LogP contribution in [0.2, 0.25) is 0 Å². The highest BCUT2D eigenvalue weighted by atomic mass is 15.3. The number of hydrogen-bond donors (Lipinski definition) is 1. The third-order valence-corrected chi connectivity index (χ3v) is 3.17. The minimum Gasteiger partial charge on any atom is -0.310 e. The summed E-state index contributed by atoms with van der Waals surface area (Å²) in [6.45, 7) is 10.0. The molecule has 104 valence electrons. The van der Waals surface area contributed by atoms with Gasteiger partial charge in [0.1, 0.15) is 0 Å². The highest BCUT2D eigenvalue weighted by molar-refractivity contribution is 5.16. The number of nitrogens with one attached hydrogen (secondary N) is 1. The van der Waals surface area contributed by atoms with Crippen LogP contribution in [0.5, 0.6) is 0 Å². The van der Waals surface area contributed by atoms with Gasteiger partial charge < -0.3 is 5.32 Å². The van der Waals surface area contributed by atoms with Gasteiger partial charge in [0.2, 0.25) is 0 Å². The van der Waals surface area contributed by atoms with Crippen LogP contribution < -0.4 is 5.32 Å². The van der Waals surface area contributed by atoms with Crippen LogP contribution in [0.4, 0.5) is 0 Å². The maximum absolute atomic E-state index is 4.57. The molecule has 2 aromatic heterocycles. The van der Waals surface area contributed by atoms with Crippen LogP contribution in [-0.4, -0.2) is 25.6 Å². The van der Waals surface area contributed by atoms with E-state index in [2.05, 4.69) is 48.5 Å². The fourth-order valence-electron chi connectivity index (χ4n) is 2.11. The molecule has 2 heterocycles. The Kier molecular flexibility index (Phi) is 4.04. The summed E-state index contributed by atoms with van der Waals surface area (Å²) in [5.74, 6) is 0. The minimum atomic E-state index is 0.488. The van der Waals surface area contributed by atoms with Crippen molar-refractivity contribution >= 4 is 0 Å². The van der Waals surface area contributed by atoms with Crippen LogP contribution >= 0.6 is 0 Å². The van der Waals surface area contributed by atoms with E-state index in [1.807, 2.05) is 23.3 Å². The van der Waals surface area contributed by atoms with E-state index in [9.17, 15) is 0 Å². The molecule has 0 bridgehead atoms. The molecular weight excluding hydrogens is 238 g/mol. The lowest BCUT2D eigenvalue weighted by Crippen LogP contribution is -2.21. The summed E-state index contributed by atoms with van der Waals surface area (Å²) in [6, 6.07) is 2.59. The second-order valence-corrected chi connectivity index (χ2v) is 5.37. The second kappa shape index (κ2) is 5.57. The van der Waals surface area contributed by atoms with Gasteiger partial charge in [0.15, 0.2) is 0 Å². The zero-order valence-electron chi connectivity index (χ0n) is 12.4. The average molecular weight is 261 g/mol. The van der Waals surface area contributed by atoms with Gasteiger partial charge in [-0.25, -0.2) is 0 Å². The fourth-order valence-corrected chi connectivity index (χ4v) is 2.11. The Hall–Kier alpha value is -1.62. The van der Waals surface area contributed by atoms with Crippen molar-refractivity contribution in [2.75, 3.05) is 0 Å². The number of aryl methyl sites for hydroxylation is 3. The normalized spacial score (nSPS) is 11.5. The Balaban J connectivity index is 2.09. The summed E-state index contributed by atoms with van der Waals surface area (Å²) in [7, 11) is 1.97. The van der Waals surface area contributed by atoms with Gasteiger partial charge in [0.05, 0.1) is 23.6 Å². The third kappa shape index (κ3) is 3.44. The van der Waals surface area contributed by atoms with Crippen LogP contribution in [-0.2, 0) is 20.1 Å². The Morgan fingerprint density at radius 1 is 1.26 bits per heavy atom. The molecule has 19 heavy (non-hydrogen) atoms. The molecule has 0 saturated heterocycles. The number of aromatic nitrogens is 4. The molecule has 0 fully saturated rings. The molecule has 1 N–H and O–H groups in total. The average Bonchev–Trinajstić information content (AvgIpc) is 2.80. The number of rotatable bonds is 5. The summed E-state index contributed by atoms with van der Waals surface area (Å²) in [4.78, 5) is 0. The van der Waals surface area contributed by atoms with Crippen molar-refractivity contribution in [2.45, 2.75) is 46.8 Å². The van der Waals surface area contributed by atoms with Crippen molar-refractivity contribution in [2.24, 2.45) is 7.05 Å². The van der Waals surface area contributed by atoms with Crippen molar-refractivity contribution in [3.8, 4) is 0 Å². The summed E-state index contributed by atoms with van der Waals surface area (Å²) >= 11 is 0. The summed E-state index contributed by atoms with van der Waals surface area (Å²) in [5.41, 5.74) is 4.56. The fraction of sp³-hybridized carbons (Fsp3) is 0.571. The molecule has 0 radical (unpaired) electrons. The molecule has 0 spiro atoms. The molecular formula is C14H23N5. The highest BCUT2D eigenvalue weighted by Crippen LogP contribution is 2.09. The van der Waals surface area contributed by atoms with E-state index in [1.165, 1.54) is 11.3 Å². The van der Waals surface area contributed by atoms with Crippen LogP contribution in [0, 0.1) is 13.8 Å². The van der Waals surface area contributed by atoms with Gasteiger partial charge in [-0.1, -0.05) is 13.8 Å². The number of nitrogens with zero attached hydrogens (tertiary/aromatic N) is 4. The zero-order valence-corrected chi connectivity index (χ0v) is 12.4. The van der Waals surface area contributed by atoms with E-state index in [1.54, 1.807) is 0 Å². The molecule has 0 amide bonds. The molecule has 2 aromatic rings. The first kappa shape index (κ1) is 13.8. The molecule has 0 atom stereocenters. The van der Waals surface area contributed by atoms with E-state index >= 15 is 0 Å². The van der Waals surface area contributed by atoms with E-state index in [-0.39, 0.29) is 0 Å². The first-order chi connectivity index (χ1) is 8.95. The second-order valence-electron chi connectivity index (χ2n) is 5.37. The van der Waals surface area contributed by atoms with Gasteiger partial charge in [-0.3, -0.25) is 9.36 Å². The maximum atomic E-state index is 4.57. The van der Waals surface area contributed by atoms with E-state index in [0.717, 1.165) is 24.5 Å². The third-order valence-electron chi connectivity index (χ3n) is 3.17. The highest BCUT2D eigenvalue weighted by Gasteiger charge is 2.08. The lowest BCUT2D eigenvalue weighted by Gasteiger charge is -2.06. The van der Waals surface area contributed by atoms with Crippen molar-refractivity contribution in [1.29, 1.82) is 0 Å². The van der Waals surface area contributed by atoms with Gasteiger partial charge in [-0.15, -0.1) is 0 Å². The van der Waals surface area contributed by atoms with Gasteiger partial charge in [0, 0.05) is 31.4 Å². The SMILES string of the molecule is Cc1cc(Cn2cc(CNC(C)C)c(C)n2)n(C)n1. The molecule has 0 saturated carbocycles. The lowest BCUT2D eigenvalue weighted by molar-refractivity contribution is 0.586. The van der Waals surface area contributed by atoms with Crippen molar-refractivity contribution in [1.82, 2.24) is 24.9 Å². The maximum Gasteiger partial charge on any atom is 0.0828 e. The van der Waals surface area contributed by atoms with Crippen molar-refractivity contribution < 1.29 is 0 Å². The van der Waals surface area contributed by atoms with E-state index in [4.69, 9.17) is 0 Å². The summed E-state index contributed by atoms with van der Waals surface area (Å²) in [6.07, 6.45) is 2.12. The lowest BCUT2D eigenvalue weighted by atomic mass is 10.2. The Bertz CT molecular complexity index is 550. The molecule has 0 unspecified atom stereocenters. The van der Waals surface area contributed by atoms with Crippen LogP contribution in [0.25, 0.3) is 0 Å². The molecule has 5 nitrogen and oxygen atoms in total. The van der Waals surface area contributed by atoms with Crippen molar-refractivity contribution in [3.63, 3.8) is 0 Å². The van der Waals surface area contributed by atoms with E-state index in [0.29, 0.717) is 6.04 Å². The van der Waals surface area contributed by atoms with Crippen LogP contribution in [0.15, 0.2) is 12.3 Å². The van der Waals surface area contributed by atoms with Crippen LogP contribution in [0.3, 0.4) is 0 Å². The summed E-state index contributed by atoms with van der Waals surface area (Å²) in [5, 5.41) is 12.4. The first-order valence-electron chi connectivity index (χ1n) is 6.71. The monoisotopic (exact) mass is 261 g/mol. The quantitative estimate of drug-likeness (QED) is 0.892. The van der Waals surface area contributed by atoms with Gasteiger partial charge in [-0.2, -0.15) is 10.2 Å². The predicted molar refractivity (Wildman–Crippen MR) is 76.0 cm³/mol. The largest absolute Gasteiger partial charge is 0.310 e. The molecule has 0 aliphatic heterocycles. The Morgan fingerprint density at radius 3 is 2.58 bits per heavy atom. The van der Waals surface area contributed by atoms with Crippen LogP contribution in [0.1, 0.15) is 36.5 Å². The molecule has 0 aromatic carbocycles. The van der Waals surface area contributed by atoms with Gasteiger partial charge in [-0.05, 0) is 19.9 Å². The van der Waals surface area contributed by atoms with Gasteiger partial charge in [0.25, 0.3) is 0 Å². The Morgan fingerprint density at radius 2 is 2.00 bits per heavy atom. The van der Waals surface area contributed by atoms with E-state index < -0.39 is 0 Å². The molecule has 2 rings (SSSR count). The Labute approximate surface area is 114 Å². The standard InChI is InChI=1S/C14H23N5/c1-10(2)15-7-13-8-19(17-12(13)4)9-14-6-11(3)16-18(14)5/h6,8,10,15H,7,9H2,1-5H3.